The van der Waals surface area contributed by atoms with Gasteiger partial charge in [-0.1, -0.05) is 0 Å². The monoisotopic (exact) mass is 171 g/mol. The van der Waals surface area contributed by atoms with E-state index in [-0.39, 0.29) is 25.0 Å². The minimum absolute atomic E-state index is 0.0165. The van der Waals surface area contributed by atoms with E-state index in [1.165, 1.54) is 0 Å². The van der Waals surface area contributed by atoms with E-state index in [9.17, 15) is 9.90 Å². The summed E-state index contributed by atoms with van der Waals surface area (Å²) in [5.41, 5.74) is -1.23. The SMILES string of the molecule is O=C1N2CCC[C@@H]2C1(O)CCO. The van der Waals surface area contributed by atoms with Crippen molar-refractivity contribution in [3.05, 3.63) is 0 Å². The molecule has 2 fully saturated rings. The predicted octanol–water partition coefficient (Wildman–Crippen LogP) is -0.896. The van der Waals surface area contributed by atoms with Gasteiger partial charge >= 0.3 is 0 Å². The zero-order valence-electron chi connectivity index (χ0n) is 6.86. The van der Waals surface area contributed by atoms with Crippen LogP contribution < -0.4 is 0 Å². The molecule has 12 heavy (non-hydrogen) atoms. The third-order valence-corrected chi connectivity index (χ3v) is 2.93. The van der Waals surface area contributed by atoms with Gasteiger partial charge in [0.05, 0.1) is 6.04 Å². The van der Waals surface area contributed by atoms with Gasteiger partial charge in [-0.15, -0.1) is 0 Å². The summed E-state index contributed by atoms with van der Waals surface area (Å²) in [5.74, 6) is -0.195. The highest BCUT2D eigenvalue weighted by atomic mass is 16.3. The average Bonchev–Trinajstić information content (AvgIpc) is 2.49. The molecule has 2 saturated heterocycles. The summed E-state index contributed by atoms with van der Waals surface area (Å²) in [6, 6.07) is -0.0165. The lowest BCUT2D eigenvalue weighted by Crippen LogP contribution is -2.71. The molecule has 0 bridgehead atoms. The Morgan fingerprint density at radius 2 is 2.42 bits per heavy atom. The van der Waals surface area contributed by atoms with Crippen LogP contribution in [0.25, 0.3) is 0 Å². The Kier molecular flexibility index (Phi) is 1.63. The number of nitrogens with zero attached hydrogens (tertiary/aromatic N) is 1. The van der Waals surface area contributed by atoms with Gasteiger partial charge in [0.2, 0.25) is 0 Å². The van der Waals surface area contributed by atoms with Gasteiger partial charge in [-0.05, 0) is 12.8 Å². The smallest absolute Gasteiger partial charge is 0.257 e. The molecule has 2 aliphatic rings. The standard InChI is InChI=1S/C8H13NO3/c10-5-3-8(12)6-2-1-4-9(6)7(8)11/h6,10,12H,1-5H2/t6-,8?/m1/s1. The normalized spacial score (nSPS) is 39.7. The number of amides is 1. The fourth-order valence-corrected chi connectivity index (χ4v) is 2.28. The lowest BCUT2D eigenvalue weighted by Gasteiger charge is -2.49. The molecule has 1 unspecified atom stereocenters. The van der Waals surface area contributed by atoms with Gasteiger partial charge in [0.1, 0.15) is 0 Å². The molecule has 4 heteroatoms. The van der Waals surface area contributed by atoms with Crippen LogP contribution in [0, 0.1) is 0 Å². The first-order valence-corrected chi connectivity index (χ1v) is 4.34. The second-order valence-corrected chi connectivity index (χ2v) is 3.55. The van der Waals surface area contributed by atoms with Crippen LogP contribution >= 0.6 is 0 Å². The molecule has 68 valence electrons. The Bertz CT molecular complexity index is 218. The largest absolute Gasteiger partial charge is 0.396 e. The second-order valence-electron chi connectivity index (χ2n) is 3.55. The van der Waals surface area contributed by atoms with Crippen molar-refractivity contribution in [1.82, 2.24) is 4.90 Å². The van der Waals surface area contributed by atoms with E-state index in [1.807, 2.05) is 0 Å². The van der Waals surface area contributed by atoms with Crippen LogP contribution in [0.2, 0.25) is 0 Å². The Labute approximate surface area is 70.8 Å². The first-order chi connectivity index (χ1) is 5.70. The molecule has 0 aromatic carbocycles. The summed E-state index contributed by atoms with van der Waals surface area (Å²) in [7, 11) is 0. The van der Waals surface area contributed by atoms with Gasteiger partial charge in [0, 0.05) is 19.6 Å². The van der Waals surface area contributed by atoms with Crippen molar-refractivity contribution < 1.29 is 15.0 Å². The Morgan fingerprint density at radius 3 is 3.08 bits per heavy atom. The van der Waals surface area contributed by atoms with E-state index in [2.05, 4.69) is 0 Å². The van der Waals surface area contributed by atoms with Crippen molar-refractivity contribution in [1.29, 1.82) is 0 Å². The highest BCUT2D eigenvalue weighted by Crippen LogP contribution is 2.40. The van der Waals surface area contributed by atoms with E-state index in [4.69, 9.17) is 5.11 Å². The number of carbonyl (C=O) groups is 1. The number of hydrogen-bond acceptors (Lipinski definition) is 3. The molecule has 1 amide bonds. The second kappa shape index (κ2) is 2.44. The van der Waals surface area contributed by atoms with Crippen molar-refractivity contribution in [3.63, 3.8) is 0 Å². The Hall–Kier alpha value is -0.610. The van der Waals surface area contributed by atoms with Crippen LogP contribution in [0.4, 0.5) is 0 Å². The van der Waals surface area contributed by atoms with E-state index < -0.39 is 5.60 Å². The quantitative estimate of drug-likeness (QED) is 0.529. The van der Waals surface area contributed by atoms with E-state index in [0.29, 0.717) is 0 Å². The van der Waals surface area contributed by atoms with Crippen molar-refractivity contribution in [2.45, 2.75) is 30.9 Å². The number of aliphatic hydroxyl groups excluding tert-OH is 1. The summed E-state index contributed by atoms with van der Waals surface area (Å²) >= 11 is 0. The Balaban J connectivity index is 2.12. The molecule has 2 N–H and O–H groups in total. The van der Waals surface area contributed by atoms with Crippen LogP contribution in [0.15, 0.2) is 0 Å². The van der Waals surface area contributed by atoms with Crippen LogP contribution in [0.5, 0.6) is 0 Å². The highest BCUT2D eigenvalue weighted by molar-refractivity contribution is 5.93. The van der Waals surface area contributed by atoms with E-state index >= 15 is 0 Å². The first-order valence-electron chi connectivity index (χ1n) is 4.34. The predicted molar refractivity (Wildman–Crippen MR) is 41.4 cm³/mol. The van der Waals surface area contributed by atoms with E-state index in [0.717, 1.165) is 19.4 Å². The molecule has 2 atom stereocenters. The fraction of sp³-hybridized carbons (Fsp3) is 0.875. The molecule has 2 rings (SSSR count). The average molecular weight is 171 g/mol. The lowest BCUT2D eigenvalue weighted by atomic mass is 9.80. The first kappa shape index (κ1) is 8.01. The molecule has 0 aromatic rings. The lowest BCUT2D eigenvalue weighted by molar-refractivity contribution is -0.188. The van der Waals surface area contributed by atoms with E-state index in [1.54, 1.807) is 4.90 Å². The molecule has 0 spiro atoms. The number of fused-ring (bicyclic) bond motifs is 1. The van der Waals surface area contributed by atoms with Crippen molar-refractivity contribution in [3.8, 4) is 0 Å². The van der Waals surface area contributed by atoms with Crippen LogP contribution in [0.1, 0.15) is 19.3 Å². The zero-order chi connectivity index (χ0) is 8.77. The van der Waals surface area contributed by atoms with Crippen molar-refractivity contribution in [2.24, 2.45) is 0 Å². The molecule has 0 saturated carbocycles. The summed E-state index contributed by atoms with van der Waals surface area (Å²) in [6.07, 6.45) is 2.04. The number of rotatable bonds is 2. The molecule has 0 radical (unpaired) electrons. The molecular weight excluding hydrogens is 158 g/mol. The molecule has 2 heterocycles. The summed E-state index contributed by atoms with van der Waals surface area (Å²) in [4.78, 5) is 13.0. The third-order valence-electron chi connectivity index (χ3n) is 2.93. The van der Waals surface area contributed by atoms with Gasteiger partial charge in [-0.25, -0.2) is 0 Å². The molecule has 0 aliphatic carbocycles. The number of β-lactam (4-membered cyclic amide) rings is 1. The van der Waals surface area contributed by atoms with Gasteiger partial charge < -0.3 is 15.1 Å². The zero-order valence-corrected chi connectivity index (χ0v) is 6.86. The van der Waals surface area contributed by atoms with Crippen molar-refractivity contribution >= 4 is 5.91 Å². The van der Waals surface area contributed by atoms with Gasteiger partial charge in [0.15, 0.2) is 5.60 Å². The molecule has 2 aliphatic heterocycles. The Morgan fingerprint density at radius 1 is 1.67 bits per heavy atom. The molecular formula is C8H13NO3. The van der Waals surface area contributed by atoms with Crippen LogP contribution in [-0.4, -0.2) is 45.8 Å². The maximum Gasteiger partial charge on any atom is 0.257 e. The number of carbonyl (C=O) groups excluding carboxylic acids is 1. The van der Waals surface area contributed by atoms with Crippen molar-refractivity contribution in [2.75, 3.05) is 13.2 Å². The minimum Gasteiger partial charge on any atom is -0.396 e. The maximum absolute atomic E-state index is 11.3. The summed E-state index contributed by atoms with van der Waals surface area (Å²) in [5, 5.41) is 18.5. The topological polar surface area (TPSA) is 60.8 Å². The summed E-state index contributed by atoms with van der Waals surface area (Å²) in [6.45, 7) is 0.657. The van der Waals surface area contributed by atoms with Crippen LogP contribution in [-0.2, 0) is 4.79 Å². The molecule has 0 aromatic heterocycles. The fourth-order valence-electron chi connectivity index (χ4n) is 2.28. The molecule has 4 nitrogen and oxygen atoms in total. The number of aliphatic hydroxyl groups is 2. The van der Waals surface area contributed by atoms with Gasteiger partial charge in [-0.3, -0.25) is 4.79 Å². The minimum atomic E-state index is -1.23. The van der Waals surface area contributed by atoms with Gasteiger partial charge in [0.25, 0.3) is 5.91 Å². The van der Waals surface area contributed by atoms with Crippen LogP contribution in [0.3, 0.4) is 0 Å². The highest BCUT2D eigenvalue weighted by Gasteiger charge is 2.60. The summed E-state index contributed by atoms with van der Waals surface area (Å²) < 4.78 is 0. The maximum atomic E-state index is 11.3. The van der Waals surface area contributed by atoms with Gasteiger partial charge in [-0.2, -0.15) is 0 Å². The number of hydrogen-bond donors (Lipinski definition) is 2. The third kappa shape index (κ3) is 0.765.